The summed E-state index contributed by atoms with van der Waals surface area (Å²) in [6, 6.07) is 1.22. The van der Waals surface area contributed by atoms with Crippen molar-refractivity contribution in [3.63, 3.8) is 0 Å². The summed E-state index contributed by atoms with van der Waals surface area (Å²) in [4.78, 5) is 10.3. The molecule has 1 aromatic rings. The van der Waals surface area contributed by atoms with Crippen LogP contribution in [0.5, 0.6) is 0 Å². The number of hydrogen-bond donors (Lipinski definition) is 2. The van der Waals surface area contributed by atoms with Crippen LogP contribution >= 0.6 is 0 Å². The number of unbranched alkanes of at least 4 members (excludes halogenated alkanes) is 1. The fraction of sp³-hybridized carbons (Fsp3) is 0.800. The van der Waals surface area contributed by atoms with Gasteiger partial charge in [-0.3, -0.25) is 4.90 Å². The molecule has 4 nitrogen and oxygen atoms in total. The largest absolute Gasteiger partial charge is 0.347 e. The Balaban J connectivity index is 1.90. The van der Waals surface area contributed by atoms with Gasteiger partial charge >= 0.3 is 0 Å². The van der Waals surface area contributed by atoms with Gasteiger partial charge in [0.2, 0.25) is 0 Å². The number of imidazole rings is 1. The average Bonchev–Trinajstić information content (AvgIpc) is 2.90. The first-order valence-electron chi connectivity index (χ1n) is 7.73. The Morgan fingerprint density at radius 2 is 2.32 bits per heavy atom. The lowest BCUT2D eigenvalue weighted by atomic mass is 10.0. The van der Waals surface area contributed by atoms with Crippen LogP contribution in [0.4, 0.5) is 0 Å². The first-order chi connectivity index (χ1) is 9.24. The van der Waals surface area contributed by atoms with Crippen molar-refractivity contribution in [2.24, 2.45) is 0 Å². The molecule has 0 saturated heterocycles. The standard InChI is InChI=1S/C15H28N4/c1-4-6-7-19(12(3)5-2)10-13-8-14-15(9-16-13)18-11-17-14/h11-13,16H,4-10H2,1-3H3,(H,17,18). The molecule has 0 fully saturated rings. The lowest BCUT2D eigenvalue weighted by molar-refractivity contribution is 0.175. The minimum Gasteiger partial charge on any atom is -0.347 e. The zero-order chi connectivity index (χ0) is 13.7. The predicted molar refractivity (Wildman–Crippen MR) is 79.2 cm³/mol. The quantitative estimate of drug-likeness (QED) is 0.794. The Bertz CT molecular complexity index is 374. The third-order valence-electron chi connectivity index (χ3n) is 4.28. The number of nitrogens with zero attached hydrogens (tertiary/aromatic N) is 2. The Morgan fingerprint density at radius 1 is 1.47 bits per heavy atom. The summed E-state index contributed by atoms with van der Waals surface area (Å²) in [7, 11) is 0. The zero-order valence-corrected chi connectivity index (χ0v) is 12.6. The van der Waals surface area contributed by atoms with Gasteiger partial charge in [-0.15, -0.1) is 0 Å². The summed E-state index contributed by atoms with van der Waals surface area (Å²) < 4.78 is 0. The maximum atomic E-state index is 4.43. The van der Waals surface area contributed by atoms with Gasteiger partial charge in [-0.05, 0) is 26.3 Å². The molecule has 0 aliphatic carbocycles. The number of fused-ring (bicyclic) bond motifs is 1. The molecule has 0 radical (unpaired) electrons. The van der Waals surface area contributed by atoms with Crippen LogP contribution in [0.15, 0.2) is 6.33 Å². The molecular formula is C15H28N4. The van der Waals surface area contributed by atoms with Gasteiger partial charge in [0.05, 0.1) is 17.7 Å². The number of aromatic nitrogens is 2. The molecule has 2 atom stereocenters. The van der Waals surface area contributed by atoms with Gasteiger partial charge in [-0.1, -0.05) is 20.3 Å². The van der Waals surface area contributed by atoms with Crippen LogP contribution in [0.1, 0.15) is 51.4 Å². The van der Waals surface area contributed by atoms with E-state index in [0.29, 0.717) is 12.1 Å². The Kier molecular flexibility index (Phi) is 5.40. The minimum absolute atomic E-state index is 0.543. The molecule has 1 aliphatic rings. The van der Waals surface area contributed by atoms with Crippen molar-refractivity contribution >= 4 is 0 Å². The lowest BCUT2D eigenvalue weighted by Gasteiger charge is -2.33. The summed E-state index contributed by atoms with van der Waals surface area (Å²) >= 11 is 0. The van der Waals surface area contributed by atoms with E-state index >= 15 is 0 Å². The highest BCUT2D eigenvalue weighted by Gasteiger charge is 2.23. The molecule has 0 saturated carbocycles. The first-order valence-corrected chi connectivity index (χ1v) is 7.73. The second kappa shape index (κ2) is 7.06. The monoisotopic (exact) mass is 264 g/mol. The van der Waals surface area contributed by atoms with Crippen LogP contribution < -0.4 is 5.32 Å². The highest BCUT2D eigenvalue weighted by molar-refractivity contribution is 5.16. The smallest absolute Gasteiger partial charge is 0.0925 e. The fourth-order valence-electron chi connectivity index (χ4n) is 2.75. The van der Waals surface area contributed by atoms with E-state index in [1.54, 1.807) is 0 Å². The predicted octanol–water partition coefficient (Wildman–Crippen LogP) is 2.32. The molecule has 1 aromatic heterocycles. The Labute approximate surface area is 117 Å². The van der Waals surface area contributed by atoms with Gasteiger partial charge in [-0.25, -0.2) is 4.98 Å². The average molecular weight is 264 g/mol. The van der Waals surface area contributed by atoms with Crippen molar-refractivity contribution in [2.75, 3.05) is 13.1 Å². The van der Waals surface area contributed by atoms with Gasteiger partial charge in [0.25, 0.3) is 0 Å². The first kappa shape index (κ1) is 14.5. The molecule has 19 heavy (non-hydrogen) atoms. The molecule has 0 bridgehead atoms. The topological polar surface area (TPSA) is 44.0 Å². The molecule has 2 N–H and O–H groups in total. The summed E-state index contributed by atoms with van der Waals surface area (Å²) in [5, 5.41) is 3.63. The number of aromatic amines is 1. The SMILES string of the molecule is CCCCN(CC1Cc2nc[nH]c2CN1)C(C)CC. The van der Waals surface area contributed by atoms with Gasteiger partial charge in [-0.2, -0.15) is 0 Å². The normalized spacial score (nSPS) is 20.5. The third kappa shape index (κ3) is 3.80. The summed E-state index contributed by atoms with van der Waals surface area (Å²) in [5.74, 6) is 0. The van der Waals surface area contributed by atoms with E-state index in [4.69, 9.17) is 0 Å². The van der Waals surface area contributed by atoms with Crippen molar-refractivity contribution in [3.05, 3.63) is 17.7 Å². The molecule has 4 heteroatoms. The molecule has 2 heterocycles. The van der Waals surface area contributed by atoms with E-state index < -0.39 is 0 Å². The highest BCUT2D eigenvalue weighted by Crippen LogP contribution is 2.15. The maximum absolute atomic E-state index is 4.43. The van der Waals surface area contributed by atoms with Crippen LogP contribution in [0.3, 0.4) is 0 Å². The Morgan fingerprint density at radius 3 is 3.05 bits per heavy atom. The Hall–Kier alpha value is -0.870. The van der Waals surface area contributed by atoms with Crippen molar-refractivity contribution in [3.8, 4) is 0 Å². The minimum atomic E-state index is 0.543. The zero-order valence-electron chi connectivity index (χ0n) is 12.6. The van der Waals surface area contributed by atoms with E-state index in [1.807, 2.05) is 6.33 Å². The van der Waals surface area contributed by atoms with E-state index in [0.717, 1.165) is 19.5 Å². The van der Waals surface area contributed by atoms with Crippen molar-refractivity contribution in [1.29, 1.82) is 0 Å². The van der Waals surface area contributed by atoms with Crippen LogP contribution in [-0.2, 0) is 13.0 Å². The van der Waals surface area contributed by atoms with Gasteiger partial charge in [0.15, 0.2) is 0 Å². The van der Waals surface area contributed by atoms with Crippen molar-refractivity contribution in [1.82, 2.24) is 20.2 Å². The number of nitrogens with one attached hydrogen (secondary N) is 2. The summed E-state index contributed by atoms with van der Waals surface area (Å²) in [6.07, 6.45) is 6.67. The number of hydrogen-bond acceptors (Lipinski definition) is 3. The second-order valence-electron chi connectivity index (χ2n) is 5.72. The fourth-order valence-corrected chi connectivity index (χ4v) is 2.75. The summed E-state index contributed by atoms with van der Waals surface area (Å²) in [5.41, 5.74) is 2.52. The maximum Gasteiger partial charge on any atom is 0.0925 e. The highest BCUT2D eigenvalue weighted by atomic mass is 15.2. The molecule has 0 spiro atoms. The van der Waals surface area contributed by atoms with Crippen molar-refractivity contribution < 1.29 is 0 Å². The third-order valence-corrected chi connectivity index (χ3v) is 4.28. The molecule has 2 rings (SSSR count). The van der Waals surface area contributed by atoms with E-state index in [-0.39, 0.29) is 0 Å². The molecule has 108 valence electrons. The van der Waals surface area contributed by atoms with Crippen LogP contribution in [-0.4, -0.2) is 40.0 Å². The molecule has 0 aromatic carbocycles. The molecule has 1 aliphatic heterocycles. The number of H-pyrrole nitrogens is 1. The molecule has 0 amide bonds. The van der Waals surface area contributed by atoms with Crippen LogP contribution in [0.2, 0.25) is 0 Å². The van der Waals surface area contributed by atoms with Gasteiger partial charge < -0.3 is 10.3 Å². The van der Waals surface area contributed by atoms with E-state index in [1.165, 1.54) is 37.2 Å². The molecular weight excluding hydrogens is 236 g/mol. The lowest BCUT2D eigenvalue weighted by Crippen LogP contribution is -2.47. The summed E-state index contributed by atoms with van der Waals surface area (Å²) in [6.45, 7) is 10.2. The van der Waals surface area contributed by atoms with Crippen LogP contribution in [0.25, 0.3) is 0 Å². The van der Waals surface area contributed by atoms with E-state index in [2.05, 4.69) is 41.0 Å². The van der Waals surface area contributed by atoms with Crippen LogP contribution in [0, 0.1) is 0 Å². The number of rotatable bonds is 7. The van der Waals surface area contributed by atoms with Gasteiger partial charge in [0.1, 0.15) is 0 Å². The molecule has 2 unspecified atom stereocenters. The van der Waals surface area contributed by atoms with Crippen molar-refractivity contribution in [2.45, 2.75) is 65.1 Å². The van der Waals surface area contributed by atoms with E-state index in [9.17, 15) is 0 Å². The second-order valence-corrected chi connectivity index (χ2v) is 5.72. The van der Waals surface area contributed by atoms with Gasteiger partial charge in [0, 0.05) is 31.6 Å².